The first kappa shape index (κ1) is 27.9. The summed E-state index contributed by atoms with van der Waals surface area (Å²) >= 11 is 1.53. The number of thioether (sulfide) groups is 1. The van der Waals surface area contributed by atoms with Gasteiger partial charge in [0.05, 0.1) is 23.0 Å². The Bertz CT molecular complexity index is 1200. The van der Waals surface area contributed by atoms with Crippen molar-refractivity contribution in [1.82, 2.24) is 4.90 Å². The third kappa shape index (κ3) is 7.67. The SMILES string of the molecule is NS(=O)(=O)c1ccc(C[C@H](CCN2CCOCC2)CSc2ccccc2)c(S(=O)(=O)C(F)(F)F)c1. The Labute approximate surface area is 207 Å². The highest BCUT2D eigenvalue weighted by Crippen LogP contribution is 2.35. The fourth-order valence-corrected chi connectivity index (χ4v) is 6.44. The molecule has 1 aliphatic heterocycles. The van der Waals surface area contributed by atoms with Gasteiger partial charge in [0.1, 0.15) is 0 Å². The summed E-state index contributed by atoms with van der Waals surface area (Å²) in [7, 11) is -10.2. The highest BCUT2D eigenvalue weighted by Gasteiger charge is 2.48. The zero-order valence-corrected chi connectivity index (χ0v) is 21.2. The molecule has 7 nitrogen and oxygen atoms in total. The van der Waals surface area contributed by atoms with Gasteiger partial charge in [0.25, 0.3) is 9.84 Å². The minimum absolute atomic E-state index is 0.0275. The highest BCUT2D eigenvalue weighted by atomic mass is 32.2. The van der Waals surface area contributed by atoms with Crippen LogP contribution >= 0.6 is 11.8 Å². The van der Waals surface area contributed by atoms with Crippen LogP contribution in [0.15, 0.2) is 63.2 Å². The lowest BCUT2D eigenvalue weighted by Crippen LogP contribution is -2.37. The van der Waals surface area contributed by atoms with Crippen LogP contribution in [-0.4, -0.2) is 65.8 Å². The van der Waals surface area contributed by atoms with Crippen molar-refractivity contribution in [3.63, 3.8) is 0 Å². The molecule has 0 amide bonds. The maximum absolute atomic E-state index is 13.4. The molecule has 2 aromatic rings. The highest BCUT2D eigenvalue weighted by molar-refractivity contribution is 7.99. The summed E-state index contributed by atoms with van der Waals surface area (Å²) in [6.45, 7) is 3.38. The second kappa shape index (κ2) is 11.6. The quantitative estimate of drug-likeness (QED) is 0.451. The molecule has 13 heteroatoms. The second-order valence-corrected chi connectivity index (χ2v) is 12.8. The van der Waals surface area contributed by atoms with Gasteiger partial charge in [-0.1, -0.05) is 24.3 Å². The van der Waals surface area contributed by atoms with E-state index in [4.69, 9.17) is 9.88 Å². The summed E-state index contributed by atoms with van der Waals surface area (Å²) in [5, 5.41) is 5.05. The summed E-state index contributed by atoms with van der Waals surface area (Å²) in [5.41, 5.74) is -5.67. The van der Waals surface area contributed by atoms with Crippen molar-refractivity contribution >= 4 is 31.6 Å². The minimum atomic E-state index is -5.79. The predicted molar refractivity (Wildman–Crippen MR) is 127 cm³/mol. The molecule has 1 aliphatic rings. The number of morpholine rings is 1. The van der Waals surface area contributed by atoms with Crippen LogP contribution in [0.1, 0.15) is 12.0 Å². The number of nitrogens with zero attached hydrogens (tertiary/aromatic N) is 1. The number of rotatable bonds is 10. The number of nitrogens with two attached hydrogens (primary N) is 1. The topological polar surface area (TPSA) is 107 Å². The fourth-order valence-electron chi connectivity index (χ4n) is 3.73. The molecule has 0 radical (unpaired) electrons. The van der Waals surface area contributed by atoms with Gasteiger partial charge in [0.2, 0.25) is 10.0 Å². The molecule has 2 N–H and O–H groups in total. The van der Waals surface area contributed by atoms with E-state index < -0.39 is 35.2 Å². The Hall–Kier alpha value is -1.64. The van der Waals surface area contributed by atoms with Gasteiger partial charge in [-0.25, -0.2) is 22.0 Å². The van der Waals surface area contributed by atoms with E-state index in [1.807, 2.05) is 30.3 Å². The molecule has 2 aromatic carbocycles. The van der Waals surface area contributed by atoms with E-state index in [0.29, 0.717) is 38.0 Å². The maximum atomic E-state index is 13.4. The van der Waals surface area contributed by atoms with Crippen LogP contribution in [-0.2, 0) is 31.0 Å². The van der Waals surface area contributed by atoms with Crippen molar-refractivity contribution in [2.45, 2.75) is 33.0 Å². The molecule has 0 aromatic heterocycles. The molecule has 194 valence electrons. The van der Waals surface area contributed by atoms with Crippen molar-refractivity contribution < 1.29 is 34.7 Å². The van der Waals surface area contributed by atoms with Gasteiger partial charge >= 0.3 is 5.51 Å². The number of alkyl halides is 3. The van der Waals surface area contributed by atoms with E-state index in [1.165, 1.54) is 11.8 Å². The third-order valence-electron chi connectivity index (χ3n) is 5.66. The second-order valence-electron chi connectivity index (χ2n) is 8.20. The van der Waals surface area contributed by atoms with Crippen LogP contribution in [0.3, 0.4) is 0 Å². The van der Waals surface area contributed by atoms with E-state index in [1.54, 1.807) is 0 Å². The van der Waals surface area contributed by atoms with Gasteiger partial charge in [-0.2, -0.15) is 13.2 Å². The number of halogens is 3. The van der Waals surface area contributed by atoms with Gasteiger partial charge in [-0.15, -0.1) is 11.8 Å². The number of hydrogen-bond donors (Lipinski definition) is 1. The zero-order chi connectivity index (χ0) is 25.7. The molecule has 1 atom stereocenters. The summed E-state index contributed by atoms with van der Waals surface area (Å²) in [6, 6.07) is 12.2. The number of sulfone groups is 1. The Morgan fingerprint density at radius 2 is 1.69 bits per heavy atom. The molecule has 0 saturated carbocycles. The largest absolute Gasteiger partial charge is 0.501 e. The molecule has 1 heterocycles. The van der Waals surface area contributed by atoms with E-state index in [-0.39, 0.29) is 17.9 Å². The summed E-state index contributed by atoms with van der Waals surface area (Å²) in [6.07, 6.45) is 0.641. The van der Waals surface area contributed by atoms with Gasteiger partial charge in [-0.05, 0) is 55.1 Å². The average Bonchev–Trinajstić information content (AvgIpc) is 2.81. The van der Waals surface area contributed by atoms with Crippen molar-refractivity contribution in [3.8, 4) is 0 Å². The minimum Gasteiger partial charge on any atom is -0.379 e. The van der Waals surface area contributed by atoms with Crippen LogP contribution < -0.4 is 5.14 Å². The molecule has 1 fully saturated rings. The monoisotopic (exact) mass is 552 g/mol. The van der Waals surface area contributed by atoms with Crippen molar-refractivity contribution in [1.29, 1.82) is 0 Å². The van der Waals surface area contributed by atoms with Gasteiger partial charge in [0, 0.05) is 23.7 Å². The van der Waals surface area contributed by atoms with Crippen LogP contribution in [0.25, 0.3) is 0 Å². The van der Waals surface area contributed by atoms with Crippen LogP contribution in [0.4, 0.5) is 13.2 Å². The van der Waals surface area contributed by atoms with E-state index in [2.05, 4.69) is 4.90 Å². The third-order valence-corrected chi connectivity index (χ3v) is 9.38. The van der Waals surface area contributed by atoms with E-state index >= 15 is 0 Å². The first-order chi connectivity index (χ1) is 16.4. The molecule has 0 aliphatic carbocycles. The molecular weight excluding hydrogens is 525 g/mol. The number of sulfonamides is 1. The number of hydrogen-bond acceptors (Lipinski definition) is 7. The van der Waals surface area contributed by atoms with E-state index in [9.17, 15) is 30.0 Å². The molecule has 0 unspecified atom stereocenters. The van der Waals surface area contributed by atoms with Gasteiger partial charge in [0.15, 0.2) is 0 Å². The molecule has 0 spiro atoms. The van der Waals surface area contributed by atoms with Crippen LogP contribution in [0.5, 0.6) is 0 Å². The first-order valence-corrected chi connectivity index (χ1v) is 14.8. The van der Waals surface area contributed by atoms with Crippen LogP contribution in [0, 0.1) is 5.92 Å². The maximum Gasteiger partial charge on any atom is 0.501 e. The number of primary sulfonamides is 1. The Balaban J connectivity index is 1.91. The number of benzene rings is 2. The van der Waals surface area contributed by atoms with Crippen molar-refractivity contribution in [3.05, 3.63) is 54.1 Å². The lowest BCUT2D eigenvalue weighted by atomic mass is 9.97. The van der Waals surface area contributed by atoms with Crippen molar-refractivity contribution in [2.75, 3.05) is 38.6 Å². The summed E-state index contributed by atoms with van der Waals surface area (Å²) < 4.78 is 93.7. The normalized spacial score (nSPS) is 16.8. The van der Waals surface area contributed by atoms with Crippen molar-refractivity contribution in [2.24, 2.45) is 11.1 Å². The summed E-state index contributed by atoms with van der Waals surface area (Å²) in [4.78, 5) is 1.42. The average molecular weight is 553 g/mol. The molecular formula is C22H27F3N2O5S3. The van der Waals surface area contributed by atoms with Gasteiger partial charge in [-0.3, -0.25) is 4.90 Å². The standard InChI is InChI=1S/C22H27F3N2O5S3/c23-22(24,25)34(28,29)21-15-20(35(26,30)31)7-6-18(21)14-17(8-9-27-10-12-32-13-11-27)16-33-19-4-2-1-3-5-19/h1-7,15,17H,8-14,16H2,(H2,26,30,31)/t17-/m0/s1. The Morgan fingerprint density at radius 1 is 1.03 bits per heavy atom. The van der Waals surface area contributed by atoms with E-state index in [0.717, 1.165) is 30.1 Å². The zero-order valence-electron chi connectivity index (χ0n) is 18.8. The summed E-state index contributed by atoms with van der Waals surface area (Å²) in [5.74, 6) is 0.363. The molecule has 35 heavy (non-hydrogen) atoms. The number of ether oxygens (including phenoxy) is 1. The fraction of sp³-hybridized carbons (Fsp3) is 0.455. The van der Waals surface area contributed by atoms with Crippen LogP contribution in [0.2, 0.25) is 0 Å². The lowest BCUT2D eigenvalue weighted by molar-refractivity contribution is -0.0436. The first-order valence-electron chi connectivity index (χ1n) is 10.8. The predicted octanol–water partition coefficient (Wildman–Crippen LogP) is 3.30. The molecule has 3 rings (SSSR count). The Morgan fingerprint density at radius 3 is 2.29 bits per heavy atom. The molecule has 0 bridgehead atoms. The molecule has 1 saturated heterocycles. The lowest BCUT2D eigenvalue weighted by Gasteiger charge is -2.28. The van der Waals surface area contributed by atoms with Gasteiger partial charge < -0.3 is 4.74 Å². The Kier molecular flexibility index (Phi) is 9.27. The smallest absolute Gasteiger partial charge is 0.379 e.